The fourth-order valence-electron chi connectivity index (χ4n) is 9.32. The molecule has 6 unspecified atom stereocenters. The fraction of sp³-hybridized carbons (Fsp3) is 0.524. The molecule has 5 heterocycles. The molecule has 0 spiro atoms. The number of anilines is 1. The minimum absolute atomic E-state index is 0.0485. The third kappa shape index (κ3) is 6.29. The molecule has 2 aliphatic carbocycles. The molecule has 3 N–H and O–H groups in total. The maximum atomic E-state index is 13.7. The van der Waals surface area contributed by atoms with Gasteiger partial charge in [0.15, 0.2) is 5.75 Å². The van der Waals surface area contributed by atoms with Crippen LogP contribution in [0.4, 0.5) is 5.69 Å². The van der Waals surface area contributed by atoms with E-state index in [1.807, 2.05) is 48.1 Å². The number of aldehydes is 1. The van der Waals surface area contributed by atoms with Crippen LogP contribution in [0.3, 0.4) is 0 Å². The van der Waals surface area contributed by atoms with Gasteiger partial charge in [-0.05, 0) is 80.2 Å². The molecule has 1 aromatic carbocycles. The van der Waals surface area contributed by atoms with Crippen LogP contribution in [0.25, 0.3) is 11.3 Å². The van der Waals surface area contributed by atoms with Crippen molar-refractivity contribution in [2.45, 2.75) is 115 Å². The van der Waals surface area contributed by atoms with Crippen LogP contribution in [-0.2, 0) is 19.2 Å². The summed E-state index contributed by atoms with van der Waals surface area (Å²) in [5, 5.41) is 6.35. The van der Waals surface area contributed by atoms with Gasteiger partial charge in [0.05, 0.1) is 41.2 Å². The second-order valence-corrected chi connectivity index (χ2v) is 16.6. The average Bonchev–Trinajstić information content (AvgIpc) is 3.78. The van der Waals surface area contributed by atoms with Crippen LogP contribution in [0.5, 0.6) is 5.75 Å². The highest BCUT2D eigenvalue weighted by Gasteiger charge is 2.63. The maximum absolute atomic E-state index is 13.7. The van der Waals surface area contributed by atoms with Gasteiger partial charge < -0.3 is 30.2 Å². The van der Waals surface area contributed by atoms with E-state index in [9.17, 15) is 19.2 Å². The first kappa shape index (κ1) is 36.6. The number of nitrogens with one attached hydrogen (secondary N) is 3. The lowest BCUT2D eigenvalue weighted by molar-refractivity contribution is -0.139. The molecule has 13 heteroatoms. The van der Waals surface area contributed by atoms with E-state index in [1.54, 1.807) is 4.90 Å². The SMILES string of the molecule is C#CN1c2c(ccc(-c3cnc(C4CCCN4C(=O)CC(C)C)[nH]3)c2C)OC2=CC=C(C34CC3N=C(C3CCCN3C(=O)C(NC(=O)C=O)C(C)C)N4)CC21. The molecule has 2 aromatic rings. The van der Waals surface area contributed by atoms with E-state index in [0.29, 0.717) is 31.1 Å². The number of benzene rings is 1. The number of aromatic amines is 1. The fourth-order valence-corrected chi connectivity index (χ4v) is 9.32. The van der Waals surface area contributed by atoms with Gasteiger partial charge in [0, 0.05) is 37.5 Å². The predicted molar refractivity (Wildman–Crippen MR) is 208 cm³/mol. The summed E-state index contributed by atoms with van der Waals surface area (Å²) in [7, 11) is 0. The van der Waals surface area contributed by atoms with Crippen molar-refractivity contribution in [3.05, 3.63) is 53.2 Å². The van der Waals surface area contributed by atoms with Crippen LogP contribution in [0.1, 0.15) is 90.1 Å². The molecule has 3 amide bonds. The molecular formula is C42H50N8O5. The number of amidine groups is 1. The van der Waals surface area contributed by atoms with Gasteiger partial charge in [-0.1, -0.05) is 40.2 Å². The third-order valence-corrected chi connectivity index (χ3v) is 12.2. The normalized spacial score (nSPS) is 26.9. The van der Waals surface area contributed by atoms with E-state index in [1.165, 1.54) is 5.57 Å². The number of ether oxygens (including phenoxy) is 1. The predicted octanol–water partition coefficient (Wildman–Crippen LogP) is 4.31. The van der Waals surface area contributed by atoms with Gasteiger partial charge in [-0.2, -0.15) is 0 Å². The number of aliphatic imine (C=N–C) groups is 1. The Morgan fingerprint density at radius 1 is 1.09 bits per heavy atom. The standard InChI is InChI=1S/C42H50N8O5/c1-7-48-31-19-26(42-20-34(42)45-40(47-42)30-11-9-17-50(30)41(54)37(24(4)5)46-35(52)22-51)12-14-32(31)55-33-15-13-27(25(6)38(33)48)28-21-43-39(44-28)29-10-8-16-49(29)36(53)18-23(2)3/h1,12-15,21-24,29-31,34,37H,8-11,16-20H2,2-6H3,(H,43,44)(H,45,47)(H,46,52). The van der Waals surface area contributed by atoms with Crippen molar-refractivity contribution in [1.82, 2.24) is 30.4 Å². The number of aromatic nitrogens is 2. The van der Waals surface area contributed by atoms with Crippen molar-refractivity contribution in [3.63, 3.8) is 0 Å². The maximum Gasteiger partial charge on any atom is 0.284 e. The van der Waals surface area contributed by atoms with Crippen LogP contribution in [0, 0.1) is 31.2 Å². The van der Waals surface area contributed by atoms with Gasteiger partial charge in [0.2, 0.25) is 18.1 Å². The zero-order chi connectivity index (χ0) is 38.8. The number of likely N-dealkylation sites (tertiary alicyclic amines) is 2. The van der Waals surface area contributed by atoms with Crippen LogP contribution < -0.4 is 20.3 Å². The number of imidazole rings is 1. The number of hydrogen-bond donors (Lipinski definition) is 3. The van der Waals surface area contributed by atoms with Crippen LogP contribution in [-0.4, -0.2) is 92.4 Å². The van der Waals surface area contributed by atoms with E-state index in [0.717, 1.165) is 78.6 Å². The molecule has 2 saturated heterocycles. The minimum atomic E-state index is -0.796. The van der Waals surface area contributed by atoms with E-state index in [-0.39, 0.29) is 53.7 Å². The first-order chi connectivity index (χ1) is 26.4. The van der Waals surface area contributed by atoms with Crippen molar-refractivity contribution in [2.75, 3.05) is 18.0 Å². The lowest BCUT2D eigenvalue weighted by Crippen LogP contribution is -2.56. The monoisotopic (exact) mass is 746 g/mol. The Bertz CT molecular complexity index is 2070. The lowest BCUT2D eigenvalue weighted by atomic mass is 9.88. The molecule has 8 rings (SSSR count). The number of amides is 3. The highest BCUT2D eigenvalue weighted by Crippen LogP contribution is 2.54. The molecular weight excluding hydrogens is 697 g/mol. The highest BCUT2D eigenvalue weighted by molar-refractivity contribution is 6.24. The summed E-state index contributed by atoms with van der Waals surface area (Å²) in [6.45, 7) is 11.2. The number of H-pyrrole nitrogens is 1. The van der Waals surface area contributed by atoms with Gasteiger partial charge in [-0.15, -0.1) is 0 Å². The quantitative estimate of drug-likeness (QED) is 0.185. The Morgan fingerprint density at radius 3 is 2.58 bits per heavy atom. The number of allylic oxidation sites excluding steroid dienone is 2. The molecule has 1 saturated carbocycles. The first-order valence-electron chi connectivity index (χ1n) is 19.7. The molecule has 288 valence electrons. The molecule has 0 bridgehead atoms. The van der Waals surface area contributed by atoms with E-state index < -0.39 is 11.9 Å². The van der Waals surface area contributed by atoms with E-state index in [4.69, 9.17) is 21.1 Å². The number of nitrogens with zero attached hydrogens (tertiary/aromatic N) is 5. The van der Waals surface area contributed by atoms with Crippen molar-refractivity contribution in [2.24, 2.45) is 16.8 Å². The number of rotatable bonds is 10. The molecule has 13 nitrogen and oxygen atoms in total. The molecule has 3 fully saturated rings. The highest BCUT2D eigenvalue weighted by atomic mass is 16.5. The Balaban J connectivity index is 0.993. The Kier molecular flexibility index (Phi) is 9.34. The molecule has 1 aromatic heterocycles. The van der Waals surface area contributed by atoms with Crippen LogP contribution >= 0.6 is 0 Å². The van der Waals surface area contributed by atoms with Gasteiger partial charge >= 0.3 is 0 Å². The first-order valence-corrected chi connectivity index (χ1v) is 19.7. The summed E-state index contributed by atoms with van der Waals surface area (Å²) in [6, 6.07) is 5.72. The minimum Gasteiger partial charge on any atom is -0.457 e. The van der Waals surface area contributed by atoms with Crippen molar-refractivity contribution >= 4 is 35.5 Å². The molecule has 55 heavy (non-hydrogen) atoms. The topological polar surface area (TPSA) is 152 Å². The van der Waals surface area contributed by atoms with E-state index in [2.05, 4.69) is 48.5 Å². The van der Waals surface area contributed by atoms with Gasteiger partial charge in [-0.3, -0.25) is 29.1 Å². The smallest absolute Gasteiger partial charge is 0.284 e. The summed E-state index contributed by atoms with van der Waals surface area (Å²) in [4.78, 5) is 68.9. The number of carbonyl (C=O) groups is 4. The number of carbonyl (C=O) groups excluding carboxylic acids is 4. The largest absolute Gasteiger partial charge is 0.457 e. The summed E-state index contributed by atoms with van der Waals surface area (Å²) in [5.74, 6) is 2.38. The van der Waals surface area contributed by atoms with Crippen LogP contribution in [0.15, 0.2) is 46.8 Å². The zero-order valence-corrected chi connectivity index (χ0v) is 32.2. The lowest BCUT2D eigenvalue weighted by Gasteiger charge is -2.40. The molecule has 6 aliphatic rings. The average molecular weight is 747 g/mol. The Hall–Kier alpha value is -5.38. The summed E-state index contributed by atoms with van der Waals surface area (Å²) < 4.78 is 6.54. The molecule has 4 aliphatic heterocycles. The van der Waals surface area contributed by atoms with Crippen molar-refractivity contribution in [3.8, 4) is 29.5 Å². The number of hydrogen-bond acceptors (Lipinski definition) is 9. The summed E-state index contributed by atoms with van der Waals surface area (Å²) in [5.41, 5.74) is 4.49. The number of terminal acetylenes is 1. The molecule has 0 radical (unpaired) electrons. The molecule has 6 atom stereocenters. The summed E-state index contributed by atoms with van der Waals surface area (Å²) in [6.07, 6.45) is 18.0. The van der Waals surface area contributed by atoms with Crippen molar-refractivity contribution < 1.29 is 23.9 Å². The zero-order valence-electron chi connectivity index (χ0n) is 32.2. The van der Waals surface area contributed by atoms with E-state index >= 15 is 0 Å². The Labute approximate surface area is 322 Å². The van der Waals surface area contributed by atoms with Crippen molar-refractivity contribution in [1.29, 1.82) is 0 Å². The second kappa shape index (κ2) is 14.0. The van der Waals surface area contributed by atoms with Gasteiger partial charge in [0.1, 0.15) is 29.5 Å². The van der Waals surface area contributed by atoms with Gasteiger partial charge in [-0.25, -0.2) is 4.98 Å². The number of fused-ring (bicyclic) bond motifs is 3. The van der Waals surface area contributed by atoms with Crippen LogP contribution in [0.2, 0.25) is 0 Å². The third-order valence-electron chi connectivity index (χ3n) is 12.2. The Morgan fingerprint density at radius 2 is 1.85 bits per heavy atom. The van der Waals surface area contributed by atoms with Gasteiger partial charge in [0.25, 0.3) is 5.91 Å². The second-order valence-electron chi connectivity index (χ2n) is 16.6. The summed E-state index contributed by atoms with van der Waals surface area (Å²) >= 11 is 0.